The Morgan fingerprint density at radius 3 is 2.47 bits per heavy atom. The van der Waals surface area contributed by atoms with E-state index in [4.69, 9.17) is 0 Å². The van der Waals surface area contributed by atoms with E-state index in [9.17, 15) is 0 Å². The number of halogens is 1. The van der Waals surface area contributed by atoms with Gasteiger partial charge >= 0.3 is 0 Å². The molecule has 0 amide bonds. The predicted molar refractivity (Wildman–Crippen MR) is 68.8 cm³/mol. The second kappa shape index (κ2) is 4.35. The number of rotatable bonds is 1. The topological polar surface area (TPSA) is 24.4 Å². The molecular formula is C12H15BrN2. The van der Waals surface area contributed by atoms with Gasteiger partial charge in [-0.05, 0) is 43.5 Å². The molecule has 2 rings (SSSR count). The van der Waals surface area contributed by atoms with Crippen LogP contribution >= 0.6 is 15.9 Å². The summed E-state index contributed by atoms with van der Waals surface area (Å²) in [6, 6.07) is 4.26. The Balaban J connectivity index is 2.27. The molecule has 1 N–H and O–H groups in total. The van der Waals surface area contributed by atoms with Crippen LogP contribution in [0, 0.1) is 13.8 Å². The molecule has 3 heteroatoms. The molecule has 0 radical (unpaired) electrons. The molecule has 0 bridgehead atoms. The molecule has 1 heterocycles. The van der Waals surface area contributed by atoms with E-state index < -0.39 is 0 Å². The molecule has 80 valence electrons. The van der Waals surface area contributed by atoms with E-state index >= 15 is 0 Å². The van der Waals surface area contributed by atoms with Crippen LogP contribution in [-0.2, 0) is 0 Å². The lowest BCUT2D eigenvalue weighted by Gasteiger charge is -2.13. The zero-order valence-electron chi connectivity index (χ0n) is 9.10. The molecule has 0 aromatic heterocycles. The van der Waals surface area contributed by atoms with Crippen LogP contribution in [0.25, 0.3) is 0 Å². The summed E-state index contributed by atoms with van der Waals surface area (Å²) in [6.07, 6.45) is 2.26. The number of aryl methyl sites for hydroxylation is 2. The van der Waals surface area contributed by atoms with Crippen molar-refractivity contribution < 1.29 is 0 Å². The first-order chi connectivity index (χ1) is 7.16. The Hall–Kier alpha value is -0.830. The van der Waals surface area contributed by atoms with E-state index in [1.807, 2.05) is 0 Å². The molecule has 1 aromatic carbocycles. The summed E-state index contributed by atoms with van der Waals surface area (Å²) in [7, 11) is 0. The molecule has 0 fully saturated rings. The Morgan fingerprint density at radius 1 is 1.27 bits per heavy atom. The van der Waals surface area contributed by atoms with Crippen LogP contribution in [0.3, 0.4) is 0 Å². The van der Waals surface area contributed by atoms with Crippen molar-refractivity contribution in [2.24, 2.45) is 4.99 Å². The first-order valence-electron chi connectivity index (χ1n) is 5.24. The van der Waals surface area contributed by atoms with Crippen LogP contribution in [0.1, 0.15) is 24.0 Å². The first-order valence-corrected chi connectivity index (χ1v) is 6.03. The Kier molecular flexibility index (Phi) is 3.10. The Labute approximate surface area is 98.9 Å². The molecule has 1 aromatic rings. The van der Waals surface area contributed by atoms with E-state index in [1.165, 1.54) is 23.2 Å². The van der Waals surface area contributed by atoms with Gasteiger partial charge in [-0.3, -0.25) is 4.99 Å². The summed E-state index contributed by atoms with van der Waals surface area (Å²) in [4.78, 5) is 4.43. The minimum absolute atomic E-state index is 0.969. The van der Waals surface area contributed by atoms with Gasteiger partial charge in [-0.15, -0.1) is 0 Å². The van der Waals surface area contributed by atoms with E-state index in [1.54, 1.807) is 0 Å². The molecule has 0 atom stereocenters. The van der Waals surface area contributed by atoms with E-state index in [-0.39, 0.29) is 0 Å². The minimum atomic E-state index is 0.969. The Bertz CT molecular complexity index is 387. The highest BCUT2D eigenvalue weighted by atomic mass is 79.9. The van der Waals surface area contributed by atoms with Crippen LogP contribution in [0.15, 0.2) is 21.6 Å². The zero-order chi connectivity index (χ0) is 10.8. The fraction of sp³-hybridized carbons (Fsp3) is 0.417. The second-order valence-corrected chi connectivity index (χ2v) is 4.89. The summed E-state index contributed by atoms with van der Waals surface area (Å²) in [5, 5.41) is 3.43. The maximum atomic E-state index is 4.43. The molecule has 15 heavy (non-hydrogen) atoms. The third-order valence-corrected chi connectivity index (χ3v) is 3.10. The molecule has 0 unspecified atom stereocenters. The number of nitrogens with one attached hydrogen (secondary N) is 1. The highest BCUT2D eigenvalue weighted by Crippen LogP contribution is 2.25. The van der Waals surface area contributed by atoms with Gasteiger partial charge in [0.1, 0.15) is 5.84 Å². The standard InChI is InChI=1S/C12H15BrN2/c1-8-6-10(13)7-9(2)12(8)15-11-4-3-5-14-11/h6-7H,3-5H2,1-2H3,(H,14,15). The molecule has 1 aliphatic heterocycles. The van der Waals surface area contributed by atoms with Crippen molar-refractivity contribution in [1.82, 2.24) is 0 Å². The average Bonchev–Trinajstić information content (AvgIpc) is 2.63. The van der Waals surface area contributed by atoms with Gasteiger partial charge in [0, 0.05) is 23.1 Å². The lowest BCUT2D eigenvalue weighted by atomic mass is 10.1. The van der Waals surface area contributed by atoms with Crippen molar-refractivity contribution in [3.8, 4) is 0 Å². The third-order valence-electron chi connectivity index (χ3n) is 2.64. The SMILES string of the molecule is Cc1cc(Br)cc(C)c1NC1=NCCC1. The lowest BCUT2D eigenvalue weighted by molar-refractivity contribution is 0.951. The number of anilines is 1. The van der Waals surface area contributed by atoms with Crippen LogP contribution in [0.2, 0.25) is 0 Å². The molecule has 0 saturated carbocycles. The number of benzene rings is 1. The van der Waals surface area contributed by atoms with Gasteiger partial charge in [0.2, 0.25) is 0 Å². The molecule has 2 nitrogen and oxygen atoms in total. The number of hydrogen-bond donors (Lipinski definition) is 1. The summed E-state index contributed by atoms with van der Waals surface area (Å²) in [6.45, 7) is 5.21. The largest absolute Gasteiger partial charge is 0.344 e. The summed E-state index contributed by atoms with van der Waals surface area (Å²) >= 11 is 3.50. The number of aliphatic imine (C=N–C) groups is 1. The number of nitrogens with zero attached hydrogens (tertiary/aromatic N) is 1. The second-order valence-electron chi connectivity index (χ2n) is 3.97. The minimum Gasteiger partial charge on any atom is -0.344 e. The average molecular weight is 267 g/mol. The van der Waals surface area contributed by atoms with Gasteiger partial charge < -0.3 is 5.32 Å². The number of hydrogen-bond acceptors (Lipinski definition) is 2. The van der Waals surface area contributed by atoms with Crippen molar-refractivity contribution in [3.05, 3.63) is 27.7 Å². The smallest absolute Gasteiger partial charge is 0.101 e. The summed E-state index contributed by atoms with van der Waals surface area (Å²) in [5.74, 6) is 1.13. The fourth-order valence-electron chi connectivity index (χ4n) is 1.89. The zero-order valence-corrected chi connectivity index (χ0v) is 10.7. The van der Waals surface area contributed by atoms with Crippen molar-refractivity contribution >= 4 is 27.5 Å². The first kappa shape index (κ1) is 10.7. The van der Waals surface area contributed by atoms with E-state index in [2.05, 4.69) is 52.2 Å². The van der Waals surface area contributed by atoms with Crippen LogP contribution in [0.5, 0.6) is 0 Å². The summed E-state index contributed by atoms with van der Waals surface area (Å²) in [5.41, 5.74) is 3.73. The predicted octanol–water partition coefficient (Wildman–Crippen LogP) is 3.67. The van der Waals surface area contributed by atoms with Gasteiger partial charge in [0.15, 0.2) is 0 Å². The Morgan fingerprint density at radius 2 is 1.93 bits per heavy atom. The van der Waals surface area contributed by atoms with E-state index in [0.717, 1.165) is 23.3 Å². The normalized spacial score (nSPS) is 15.3. The van der Waals surface area contributed by atoms with Crippen LogP contribution < -0.4 is 5.32 Å². The van der Waals surface area contributed by atoms with Gasteiger partial charge in [0.05, 0.1) is 0 Å². The molecule has 1 aliphatic rings. The number of amidine groups is 1. The van der Waals surface area contributed by atoms with Gasteiger partial charge in [0.25, 0.3) is 0 Å². The molecule has 0 spiro atoms. The molecular weight excluding hydrogens is 252 g/mol. The van der Waals surface area contributed by atoms with Gasteiger partial charge in [-0.1, -0.05) is 15.9 Å². The van der Waals surface area contributed by atoms with Crippen molar-refractivity contribution in [2.75, 3.05) is 11.9 Å². The van der Waals surface area contributed by atoms with Crippen LogP contribution in [0.4, 0.5) is 5.69 Å². The van der Waals surface area contributed by atoms with Crippen molar-refractivity contribution in [1.29, 1.82) is 0 Å². The monoisotopic (exact) mass is 266 g/mol. The molecule has 0 aliphatic carbocycles. The lowest BCUT2D eigenvalue weighted by Crippen LogP contribution is -2.10. The van der Waals surface area contributed by atoms with Crippen molar-refractivity contribution in [2.45, 2.75) is 26.7 Å². The van der Waals surface area contributed by atoms with Gasteiger partial charge in [-0.25, -0.2) is 0 Å². The maximum Gasteiger partial charge on any atom is 0.101 e. The van der Waals surface area contributed by atoms with E-state index in [0.29, 0.717) is 0 Å². The maximum absolute atomic E-state index is 4.43. The third kappa shape index (κ3) is 2.40. The molecule has 0 saturated heterocycles. The highest BCUT2D eigenvalue weighted by Gasteiger charge is 2.09. The fourth-order valence-corrected chi connectivity index (χ4v) is 2.58. The van der Waals surface area contributed by atoms with Gasteiger partial charge in [-0.2, -0.15) is 0 Å². The van der Waals surface area contributed by atoms with Crippen molar-refractivity contribution in [3.63, 3.8) is 0 Å². The highest BCUT2D eigenvalue weighted by molar-refractivity contribution is 9.10. The quantitative estimate of drug-likeness (QED) is 0.824. The summed E-state index contributed by atoms with van der Waals surface area (Å²) < 4.78 is 1.14. The van der Waals surface area contributed by atoms with Crippen LogP contribution in [-0.4, -0.2) is 12.4 Å².